The predicted molar refractivity (Wildman–Crippen MR) is 75.0 cm³/mol. The molecule has 4 nitrogen and oxygen atoms in total. The van der Waals surface area contributed by atoms with Crippen LogP contribution in [-0.4, -0.2) is 35.0 Å². The maximum atomic E-state index is 11.7. The molecule has 3 N–H and O–H groups in total. The second-order valence-corrected chi connectivity index (χ2v) is 5.31. The molecule has 0 aliphatic carbocycles. The van der Waals surface area contributed by atoms with Crippen molar-refractivity contribution in [1.29, 1.82) is 0 Å². The number of benzene rings is 1. The Labute approximate surface area is 114 Å². The van der Waals surface area contributed by atoms with Gasteiger partial charge in [0.1, 0.15) is 5.75 Å². The number of rotatable bonds is 3. The van der Waals surface area contributed by atoms with Gasteiger partial charge in [-0.05, 0) is 43.5 Å². The fourth-order valence-corrected chi connectivity index (χ4v) is 3.10. The highest BCUT2D eigenvalue weighted by Crippen LogP contribution is 2.39. The average molecular weight is 262 g/mol. The van der Waals surface area contributed by atoms with E-state index in [-0.39, 0.29) is 17.9 Å². The van der Waals surface area contributed by atoms with Crippen LogP contribution in [0.5, 0.6) is 5.75 Å². The minimum absolute atomic E-state index is 0.0903. The number of aromatic hydroxyl groups is 1. The van der Waals surface area contributed by atoms with Crippen LogP contribution in [0.1, 0.15) is 36.8 Å². The Morgan fingerprint density at radius 3 is 2.84 bits per heavy atom. The molecule has 19 heavy (non-hydrogen) atoms. The Morgan fingerprint density at radius 1 is 1.53 bits per heavy atom. The van der Waals surface area contributed by atoms with Crippen molar-refractivity contribution in [1.82, 2.24) is 4.90 Å². The summed E-state index contributed by atoms with van der Waals surface area (Å²) in [5.41, 5.74) is 7.65. The van der Waals surface area contributed by atoms with Crippen molar-refractivity contribution in [2.24, 2.45) is 5.73 Å². The van der Waals surface area contributed by atoms with E-state index in [1.165, 1.54) is 0 Å². The monoisotopic (exact) mass is 262 g/mol. The molecule has 0 bridgehead atoms. The summed E-state index contributed by atoms with van der Waals surface area (Å²) >= 11 is 0. The van der Waals surface area contributed by atoms with Crippen LogP contribution in [0.25, 0.3) is 0 Å². The lowest BCUT2D eigenvalue weighted by Crippen LogP contribution is -2.37. The van der Waals surface area contributed by atoms with Gasteiger partial charge < -0.3 is 15.7 Å². The molecule has 104 valence electrons. The first-order valence-corrected chi connectivity index (χ1v) is 6.81. The zero-order chi connectivity index (χ0) is 14.0. The first kappa shape index (κ1) is 13.9. The van der Waals surface area contributed by atoms with Crippen molar-refractivity contribution >= 4 is 5.91 Å². The van der Waals surface area contributed by atoms with E-state index in [4.69, 9.17) is 5.73 Å². The summed E-state index contributed by atoms with van der Waals surface area (Å²) in [6.45, 7) is 4.85. The molecule has 0 aromatic heterocycles. The fourth-order valence-electron chi connectivity index (χ4n) is 3.10. The highest BCUT2D eigenvalue weighted by atomic mass is 16.3. The fraction of sp³-hybridized carbons (Fsp3) is 0.533. The molecule has 1 fully saturated rings. The van der Waals surface area contributed by atoms with E-state index in [2.05, 4.69) is 0 Å². The lowest BCUT2D eigenvalue weighted by atomic mass is 9.88. The van der Waals surface area contributed by atoms with Gasteiger partial charge in [0, 0.05) is 25.4 Å². The number of hydrogen-bond acceptors (Lipinski definition) is 3. The quantitative estimate of drug-likeness (QED) is 0.872. The van der Waals surface area contributed by atoms with E-state index >= 15 is 0 Å². The number of likely N-dealkylation sites (tertiary alicyclic amines) is 1. The van der Waals surface area contributed by atoms with Crippen molar-refractivity contribution < 1.29 is 9.90 Å². The van der Waals surface area contributed by atoms with Crippen molar-refractivity contribution in [2.75, 3.05) is 13.1 Å². The molecule has 1 saturated heterocycles. The van der Waals surface area contributed by atoms with Crippen LogP contribution in [0.3, 0.4) is 0 Å². The maximum Gasteiger partial charge on any atom is 0.219 e. The van der Waals surface area contributed by atoms with Gasteiger partial charge in [0.15, 0.2) is 0 Å². The number of phenols is 1. The molecule has 1 amide bonds. The Balaban J connectivity index is 2.30. The molecule has 2 atom stereocenters. The lowest BCUT2D eigenvalue weighted by molar-refractivity contribution is -0.129. The Bertz CT molecular complexity index is 473. The normalized spacial score (nSPS) is 22.8. The van der Waals surface area contributed by atoms with Gasteiger partial charge in [0.05, 0.1) is 0 Å². The lowest BCUT2D eigenvalue weighted by Gasteiger charge is -2.27. The summed E-state index contributed by atoms with van der Waals surface area (Å²) in [6.07, 6.45) is 1.67. The zero-order valence-corrected chi connectivity index (χ0v) is 11.6. The summed E-state index contributed by atoms with van der Waals surface area (Å²) in [6, 6.07) is 5.87. The Morgan fingerprint density at radius 2 is 2.26 bits per heavy atom. The van der Waals surface area contributed by atoms with E-state index in [0.29, 0.717) is 12.3 Å². The summed E-state index contributed by atoms with van der Waals surface area (Å²) in [5, 5.41) is 10.1. The number of hydrogen-bond donors (Lipinski definition) is 2. The van der Waals surface area contributed by atoms with Gasteiger partial charge in [-0.1, -0.05) is 12.1 Å². The molecule has 4 heteroatoms. The number of carbonyl (C=O) groups excluding carboxylic acids is 1. The van der Waals surface area contributed by atoms with E-state index in [0.717, 1.165) is 30.5 Å². The van der Waals surface area contributed by atoms with E-state index < -0.39 is 0 Å². The number of nitrogens with two attached hydrogens (primary N) is 1. The summed E-state index contributed by atoms with van der Waals surface area (Å²) < 4.78 is 0. The van der Waals surface area contributed by atoms with Gasteiger partial charge in [-0.15, -0.1) is 0 Å². The first-order chi connectivity index (χ1) is 9.04. The van der Waals surface area contributed by atoms with Crippen LogP contribution < -0.4 is 5.73 Å². The summed E-state index contributed by atoms with van der Waals surface area (Å²) in [4.78, 5) is 13.6. The maximum absolute atomic E-state index is 11.7. The highest BCUT2D eigenvalue weighted by molar-refractivity contribution is 5.74. The molecule has 2 rings (SSSR count). The number of nitrogens with zero attached hydrogens (tertiary/aromatic N) is 1. The van der Waals surface area contributed by atoms with Crippen LogP contribution in [0.4, 0.5) is 0 Å². The van der Waals surface area contributed by atoms with Crippen molar-refractivity contribution in [2.45, 2.75) is 38.6 Å². The van der Waals surface area contributed by atoms with Gasteiger partial charge >= 0.3 is 0 Å². The van der Waals surface area contributed by atoms with Gasteiger partial charge in [-0.3, -0.25) is 4.79 Å². The van der Waals surface area contributed by atoms with E-state index in [9.17, 15) is 9.90 Å². The summed E-state index contributed by atoms with van der Waals surface area (Å²) in [5.74, 6) is 0.609. The highest BCUT2D eigenvalue weighted by Gasteiger charge is 2.36. The molecule has 1 aromatic carbocycles. The third kappa shape index (κ3) is 2.73. The molecule has 1 aliphatic heterocycles. The van der Waals surface area contributed by atoms with Crippen LogP contribution in [-0.2, 0) is 4.79 Å². The van der Waals surface area contributed by atoms with E-state index in [1.807, 2.05) is 24.0 Å². The van der Waals surface area contributed by atoms with Gasteiger partial charge in [0.2, 0.25) is 5.91 Å². The molecule has 0 saturated carbocycles. The van der Waals surface area contributed by atoms with Crippen LogP contribution in [0, 0.1) is 6.92 Å². The van der Waals surface area contributed by atoms with Crippen molar-refractivity contribution in [3.8, 4) is 5.75 Å². The molecule has 1 aromatic rings. The van der Waals surface area contributed by atoms with Crippen LogP contribution >= 0.6 is 0 Å². The van der Waals surface area contributed by atoms with E-state index in [1.54, 1.807) is 13.0 Å². The first-order valence-electron chi connectivity index (χ1n) is 6.81. The minimum atomic E-state index is 0.0903. The molecule has 1 heterocycles. The molecular weight excluding hydrogens is 240 g/mol. The number of aryl methyl sites for hydroxylation is 1. The smallest absolute Gasteiger partial charge is 0.219 e. The predicted octanol–water partition coefficient (Wildman–Crippen LogP) is 1.75. The van der Waals surface area contributed by atoms with Crippen molar-refractivity contribution in [3.05, 3.63) is 29.3 Å². The minimum Gasteiger partial charge on any atom is -0.508 e. The molecule has 0 radical (unpaired) electrons. The Hall–Kier alpha value is -1.55. The Kier molecular flexibility index (Phi) is 4.10. The molecule has 2 unspecified atom stereocenters. The molecule has 0 spiro atoms. The second-order valence-electron chi connectivity index (χ2n) is 5.31. The SMILES string of the molecule is CC(=O)N1CCC(c2ccc(C)cc2O)C1CCN. The number of carbonyl (C=O) groups is 1. The van der Waals surface area contributed by atoms with Crippen molar-refractivity contribution in [3.63, 3.8) is 0 Å². The molecular formula is C15H22N2O2. The van der Waals surface area contributed by atoms with Gasteiger partial charge in [-0.2, -0.15) is 0 Å². The second kappa shape index (κ2) is 5.61. The number of amides is 1. The number of phenolic OH excluding ortho intramolecular Hbond substituents is 1. The third-order valence-electron chi connectivity index (χ3n) is 4.00. The van der Waals surface area contributed by atoms with Gasteiger partial charge in [0.25, 0.3) is 0 Å². The average Bonchev–Trinajstić information content (AvgIpc) is 2.73. The van der Waals surface area contributed by atoms with Gasteiger partial charge in [-0.25, -0.2) is 0 Å². The van der Waals surface area contributed by atoms with Crippen LogP contribution in [0.15, 0.2) is 18.2 Å². The summed E-state index contributed by atoms with van der Waals surface area (Å²) in [7, 11) is 0. The largest absolute Gasteiger partial charge is 0.508 e. The standard InChI is InChI=1S/C15H22N2O2/c1-10-3-4-13(15(19)9-10)12-6-8-17(11(2)18)14(12)5-7-16/h3-4,9,12,14,19H,5-8,16H2,1-2H3. The third-order valence-corrected chi connectivity index (χ3v) is 4.00. The zero-order valence-electron chi connectivity index (χ0n) is 11.6. The molecule has 1 aliphatic rings. The van der Waals surface area contributed by atoms with Crippen LogP contribution in [0.2, 0.25) is 0 Å². The topological polar surface area (TPSA) is 66.6 Å².